The van der Waals surface area contributed by atoms with Crippen molar-refractivity contribution in [2.24, 2.45) is 0 Å². The lowest BCUT2D eigenvalue weighted by molar-refractivity contribution is -0.149. The number of esters is 1. The van der Waals surface area contributed by atoms with Crippen LogP contribution in [-0.4, -0.2) is 12.1 Å². The normalized spacial score (nSPS) is 17.4. The van der Waals surface area contributed by atoms with Crippen molar-refractivity contribution >= 4 is 5.97 Å². The number of hydrogen-bond acceptors (Lipinski definition) is 2. The summed E-state index contributed by atoms with van der Waals surface area (Å²) in [6, 6.07) is 0. The Balaban J connectivity index is 1.98. The molecule has 18 heavy (non-hydrogen) atoms. The van der Waals surface area contributed by atoms with Crippen molar-refractivity contribution in [1.29, 1.82) is 0 Å². The molecular weight excluding hydrogens is 224 g/mol. The van der Waals surface area contributed by atoms with Crippen LogP contribution in [0.15, 0.2) is 0 Å². The SMILES string of the molecule is CCCCCCCCC(=O)OC1CCCCCC1. The summed E-state index contributed by atoms with van der Waals surface area (Å²) in [6.07, 6.45) is 15.5. The number of unbranched alkanes of at least 4 members (excludes halogenated alkanes) is 5. The molecular formula is C16H30O2. The third-order valence-electron chi connectivity index (χ3n) is 3.83. The molecule has 1 saturated carbocycles. The van der Waals surface area contributed by atoms with E-state index in [0.717, 1.165) is 19.3 Å². The van der Waals surface area contributed by atoms with Crippen molar-refractivity contribution in [2.45, 2.75) is 96.5 Å². The van der Waals surface area contributed by atoms with Gasteiger partial charge in [-0.3, -0.25) is 4.79 Å². The van der Waals surface area contributed by atoms with E-state index in [2.05, 4.69) is 6.92 Å². The molecule has 1 rings (SSSR count). The van der Waals surface area contributed by atoms with Gasteiger partial charge in [-0.25, -0.2) is 0 Å². The van der Waals surface area contributed by atoms with Crippen LogP contribution in [-0.2, 0) is 9.53 Å². The highest BCUT2D eigenvalue weighted by Gasteiger charge is 2.16. The van der Waals surface area contributed by atoms with Gasteiger partial charge in [0.2, 0.25) is 0 Å². The number of hydrogen-bond donors (Lipinski definition) is 0. The molecule has 0 amide bonds. The standard InChI is InChI=1S/C16H30O2/c1-2-3-4-5-6-11-14-16(17)18-15-12-9-7-8-10-13-15/h15H,2-14H2,1H3. The molecule has 0 N–H and O–H groups in total. The van der Waals surface area contributed by atoms with E-state index >= 15 is 0 Å². The van der Waals surface area contributed by atoms with Crippen LogP contribution in [0, 0.1) is 0 Å². The molecule has 0 aromatic carbocycles. The minimum Gasteiger partial charge on any atom is -0.462 e. The van der Waals surface area contributed by atoms with Gasteiger partial charge in [-0.1, -0.05) is 51.9 Å². The molecule has 0 radical (unpaired) electrons. The van der Waals surface area contributed by atoms with E-state index in [1.165, 1.54) is 57.8 Å². The molecule has 1 aliphatic carbocycles. The van der Waals surface area contributed by atoms with Gasteiger partial charge in [0, 0.05) is 6.42 Å². The van der Waals surface area contributed by atoms with E-state index < -0.39 is 0 Å². The molecule has 2 heteroatoms. The van der Waals surface area contributed by atoms with Gasteiger partial charge in [-0.05, 0) is 32.1 Å². The minimum atomic E-state index is 0.0393. The van der Waals surface area contributed by atoms with Crippen LogP contribution in [0.4, 0.5) is 0 Å². The van der Waals surface area contributed by atoms with Gasteiger partial charge >= 0.3 is 5.97 Å². The van der Waals surface area contributed by atoms with E-state index in [4.69, 9.17) is 4.74 Å². The predicted octanol–water partition coefficient (Wildman–Crippen LogP) is 5.00. The fourth-order valence-electron chi connectivity index (χ4n) is 2.65. The maximum Gasteiger partial charge on any atom is 0.306 e. The van der Waals surface area contributed by atoms with Crippen LogP contribution in [0.1, 0.15) is 90.4 Å². The van der Waals surface area contributed by atoms with Crippen LogP contribution in [0.2, 0.25) is 0 Å². The van der Waals surface area contributed by atoms with E-state index in [1.807, 2.05) is 0 Å². The zero-order valence-electron chi connectivity index (χ0n) is 12.1. The molecule has 0 heterocycles. The Hall–Kier alpha value is -0.530. The van der Waals surface area contributed by atoms with Gasteiger partial charge in [0.15, 0.2) is 0 Å². The maximum absolute atomic E-state index is 11.7. The van der Waals surface area contributed by atoms with Crippen molar-refractivity contribution < 1.29 is 9.53 Å². The molecule has 0 aromatic rings. The number of rotatable bonds is 8. The maximum atomic E-state index is 11.7. The summed E-state index contributed by atoms with van der Waals surface area (Å²) in [5.41, 5.74) is 0. The third kappa shape index (κ3) is 7.73. The van der Waals surface area contributed by atoms with Crippen LogP contribution >= 0.6 is 0 Å². The zero-order valence-corrected chi connectivity index (χ0v) is 12.1. The molecule has 106 valence electrons. The lowest BCUT2D eigenvalue weighted by atomic mass is 10.1. The first kappa shape index (κ1) is 15.5. The topological polar surface area (TPSA) is 26.3 Å². The van der Waals surface area contributed by atoms with Crippen LogP contribution in [0.5, 0.6) is 0 Å². The van der Waals surface area contributed by atoms with E-state index in [9.17, 15) is 4.79 Å². The Kier molecular flexibility index (Phi) is 8.97. The zero-order chi connectivity index (χ0) is 13.1. The third-order valence-corrected chi connectivity index (χ3v) is 3.83. The van der Waals surface area contributed by atoms with Crippen molar-refractivity contribution in [3.63, 3.8) is 0 Å². The van der Waals surface area contributed by atoms with Gasteiger partial charge in [-0.2, -0.15) is 0 Å². The van der Waals surface area contributed by atoms with Crippen molar-refractivity contribution in [3.8, 4) is 0 Å². The number of carbonyl (C=O) groups is 1. The Morgan fingerprint density at radius 2 is 1.56 bits per heavy atom. The summed E-state index contributed by atoms with van der Waals surface area (Å²) in [7, 11) is 0. The first-order valence-electron chi connectivity index (χ1n) is 8.02. The van der Waals surface area contributed by atoms with Crippen LogP contribution < -0.4 is 0 Å². The van der Waals surface area contributed by atoms with Gasteiger partial charge in [0.05, 0.1) is 0 Å². The highest BCUT2D eigenvalue weighted by Crippen LogP contribution is 2.20. The first-order valence-corrected chi connectivity index (χ1v) is 8.02. The van der Waals surface area contributed by atoms with Crippen molar-refractivity contribution in [1.82, 2.24) is 0 Å². The number of ether oxygens (including phenoxy) is 1. The average Bonchev–Trinajstić information content (AvgIpc) is 2.62. The molecule has 0 spiro atoms. The summed E-state index contributed by atoms with van der Waals surface area (Å²) in [4.78, 5) is 11.7. The summed E-state index contributed by atoms with van der Waals surface area (Å²) in [5, 5.41) is 0. The van der Waals surface area contributed by atoms with Gasteiger partial charge < -0.3 is 4.74 Å². The Morgan fingerprint density at radius 1 is 0.944 bits per heavy atom. The largest absolute Gasteiger partial charge is 0.462 e. The fourth-order valence-corrected chi connectivity index (χ4v) is 2.65. The molecule has 0 aliphatic heterocycles. The summed E-state index contributed by atoms with van der Waals surface area (Å²) < 4.78 is 5.56. The van der Waals surface area contributed by atoms with Gasteiger partial charge in [0.1, 0.15) is 6.10 Å². The molecule has 0 atom stereocenters. The fraction of sp³-hybridized carbons (Fsp3) is 0.938. The van der Waals surface area contributed by atoms with Crippen LogP contribution in [0.3, 0.4) is 0 Å². The highest BCUT2D eigenvalue weighted by atomic mass is 16.5. The van der Waals surface area contributed by atoms with Gasteiger partial charge in [-0.15, -0.1) is 0 Å². The second-order valence-corrected chi connectivity index (χ2v) is 5.62. The molecule has 0 saturated heterocycles. The second kappa shape index (κ2) is 10.4. The lowest BCUT2D eigenvalue weighted by Crippen LogP contribution is -2.17. The molecule has 0 unspecified atom stereocenters. The predicted molar refractivity (Wildman–Crippen MR) is 75.6 cm³/mol. The smallest absolute Gasteiger partial charge is 0.306 e. The lowest BCUT2D eigenvalue weighted by Gasteiger charge is -2.15. The van der Waals surface area contributed by atoms with Crippen molar-refractivity contribution in [2.75, 3.05) is 0 Å². The van der Waals surface area contributed by atoms with Crippen LogP contribution in [0.25, 0.3) is 0 Å². The summed E-state index contributed by atoms with van der Waals surface area (Å²) >= 11 is 0. The Morgan fingerprint density at radius 3 is 2.22 bits per heavy atom. The molecule has 0 bridgehead atoms. The summed E-state index contributed by atoms with van der Waals surface area (Å²) in [6.45, 7) is 2.23. The molecule has 2 nitrogen and oxygen atoms in total. The van der Waals surface area contributed by atoms with E-state index in [-0.39, 0.29) is 12.1 Å². The second-order valence-electron chi connectivity index (χ2n) is 5.62. The Bertz CT molecular complexity index is 205. The Labute approximate surface area is 112 Å². The quantitative estimate of drug-likeness (QED) is 0.346. The van der Waals surface area contributed by atoms with Crippen molar-refractivity contribution in [3.05, 3.63) is 0 Å². The summed E-state index contributed by atoms with van der Waals surface area (Å²) in [5.74, 6) is 0.0393. The number of carbonyl (C=O) groups excluding carboxylic acids is 1. The van der Waals surface area contributed by atoms with Gasteiger partial charge in [0.25, 0.3) is 0 Å². The molecule has 0 aromatic heterocycles. The van der Waals surface area contributed by atoms with E-state index in [1.54, 1.807) is 0 Å². The molecule has 1 fully saturated rings. The van der Waals surface area contributed by atoms with E-state index in [0.29, 0.717) is 6.42 Å². The monoisotopic (exact) mass is 254 g/mol. The highest BCUT2D eigenvalue weighted by molar-refractivity contribution is 5.69. The average molecular weight is 254 g/mol. The first-order chi connectivity index (χ1) is 8.83. The molecule has 1 aliphatic rings. The minimum absolute atomic E-state index is 0.0393.